The normalized spacial score (nSPS) is 12.3. The first-order valence-corrected chi connectivity index (χ1v) is 12.0. The molecular formula is C23H23ClF3N5O2S. The third-order valence-corrected chi connectivity index (χ3v) is 6.31. The van der Waals surface area contributed by atoms with Gasteiger partial charge >= 0.3 is 6.18 Å². The lowest BCUT2D eigenvalue weighted by atomic mass is 10.1. The zero-order chi connectivity index (χ0) is 25.8. The number of nitrogens with zero attached hydrogens (tertiary/aromatic N) is 3. The number of nitrogens with one attached hydrogen (secondary N) is 2. The fraction of sp³-hybridized carbons (Fsp3) is 0.304. The van der Waals surface area contributed by atoms with Crippen LogP contribution in [0.2, 0.25) is 5.02 Å². The number of aromatic nitrogens is 3. The predicted octanol–water partition coefficient (Wildman–Crippen LogP) is 5.50. The Morgan fingerprint density at radius 2 is 1.83 bits per heavy atom. The average Bonchev–Trinajstić information content (AvgIpc) is 3.22. The monoisotopic (exact) mass is 525 g/mol. The molecule has 1 atom stereocenters. The highest BCUT2D eigenvalue weighted by Gasteiger charge is 2.31. The van der Waals surface area contributed by atoms with Crippen molar-refractivity contribution < 1.29 is 22.8 Å². The molecule has 12 heteroatoms. The van der Waals surface area contributed by atoms with E-state index in [0.29, 0.717) is 23.1 Å². The first-order valence-electron chi connectivity index (χ1n) is 10.6. The summed E-state index contributed by atoms with van der Waals surface area (Å²) >= 11 is 7.01. The van der Waals surface area contributed by atoms with Gasteiger partial charge in [0.25, 0.3) is 5.91 Å². The molecule has 0 fully saturated rings. The molecule has 3 rings (SSSR count). The SMILES string of the molecule is CCn1c(SCC(=O)Nc2cc(C(F)(F)F)ccc2Cl)nnc1[C@H](C)NC(=O)c1ccc(C)cc1. The summed E-state index contributed by atoms with van der Waals surface area (Å²) in [5, 5.41) is 14.0. The third kappa shape index (κ3) is 6.76. The highest BCUT2D eigenvalue weighted by Crippen LogP contribution is 2.34. The van der Waals surface area contributed by atoms with Crippen LogP contribution in [0.15, 0.2) is 47.6 Å². The largest absolute Gasteiger partial charge is 0.416 e. The van der Waals surface area contributed by atoms with Crippen molar-refractivity contribution in [3.8, 4) is 0 Å². The van der Waals surface area contributed by atoms with Crippen molar-refractivity contribution >= 4 is 40.9 Å². The molecule has 0 aliphatic heterocycles. The molecular weight excluding hydrogens is 503 g/mol. The van der Waals surface area contributed by atoms with Crippen LogP contribution in [0, 0.1) is 6.92 Å². The van der Waals surface area contributed by atoms with Crippen molar-refractivity contribution in [1.82, 2.24) is 20.1 Å². The zero-order valence-electron chi connectivity index (χ0n) is 19.1. The molecule has 0 bridgehead atoms. The van der Waals surface area contributed by atoms with Gasteiger partial charge in [0.2, 0.25) is 5.91 Å². The summed E-state index contributed by atoms with van der Waals surface area (Å²) in [5.41, 5.74) is 0.518. The Morgan fingerprint density at radius 3 is 2.46 bits per heavy atom. The third-order valence-electron chi connectivity index (χ3n) is 5.01. The van der Waals surface area contributed by atoms with Crippen LogP contribution in [0.5, 0.6) is 0 Å². The number of aryl methyl sites for hydroxylation is 1. The lowest BCUT2D eigenvalue weighted by Gasteiger charge is -2.15. The van der Waals surface area contributed by atoms with Crippen molar-refractivity contribution in [1.29, 1.82) is 0 Å². The maximum Gasteiger partial charge on any atom is 0.416 e. The van der Waals surface area contributed by atoms with Crippen molar-refractivity contribution in [3.05, 3.63) is 70.0 Å². The fourth-order valence-corrected chi connectivity index (χ4v) is 4.16. The number of amides is 2. The average molecular weight is 526 g/mol. The van der Waals surface area contributed by atoms with Crippen molar-refractivity contribution in [2.24, 2.45) is 0 Å². The molecule has 1 heterocycles. The second-order valence-electron chi connectivity index (χ2n) is 7.68. The number of benzene rings is 2. The molecule has 0 spiro atoms. The van der Waals surface area contributed by atoms with E-state index in [9.17, 15) is 22.8 Å². The van der Waals surface area contributed by atoms with E-state index in [1.807, 2.05) is 26.0 Å². The number of hydrogen-bond donors (Lipinski definition) is 2. The topological polar surface area (TPSA) is 88.9 Å². The molecule has 0 aliphatic carbocycles. The molecule has 3 aromatic rings. The van der Waals surface area contributed by atoms with Gasteiger partial charge in [0, 0.05) is 12.1 Å². The lowest BCUT2D eigenvalue weighted by molar-refractivity contribution is -0.137. The van der Waals surface area contributed by atoms with Gasteiger partial charge in [0.15, 0.2) is 11.0 Å². The van der Waals surface area contributed by atoms with Gasteiger partial charge in [-0.3, -0.25) is 9.59 Å². The molecule has 1 aromatic heterocycles. The van der Waals surface area contributed by atoms with Crippen LogP contribution in [0.1, 0.15) is 47.2 Å². The Hall–Kier alpha value is -3.05. The van der Waals surface area contributed by atoms with E-state index in [4.69, 9.17) is 11.6 Å². The van der Waals surface area contributed by atoms with Crippen molar-refractivity contribution in [2.45, 2.75) is 44.7 Å². The van der Waals surface area contributed by atoms with E-state index >= 15 is 0 Å². The summed E-state index contributed by atoms with van der Waals surface area (Å²) < 4.78 is 40.6. The molecule has 0 unspecified atom stereocenters. The number of rotatable bonds is 8. The van der Waals surface area contributed by atoms with Crippen molar-refractivity contribution in [2.75, 3.05) is 11.1 Å². The quantitative estimate of drug-likeness (QED) is 0.379. The number of carbonyl (C=O) groups excluding carboxylic acids is 2. The van der Waals surface area contributed by atoms with Gasteiger partial charge in [-0.25, -0.2) is 0 Å². The van der Waals surface area contributed by atoms with E-state index in [1.54, 1.807) is 23.6 Å². The Kier molecular flexibility index (Phi) is 8.44. The molecule has 2 N–H and O–H groups in total. The van der Waals surface area contributed by atoms with E-state index in [1.165, 1.54) is 0 Å². The predicted molar refractivity (Wildman–Crippen MR) is 129 cm³/mol. The maximum absolute atomic E-state index is 12.9. The Bertz CT molecular complexity index is 1210. The van der Waals surface area contributed by atoms with E-state index in [0.717, 1.165) is 35.5 Å². The Morgan fingerprint density at radius 1 is 1.14 bits per heavy atom. The highest BCUT2D eigenvalue weighted by molar-refractivity contribution is 7.99. The molecule has 0 radical (unpaired) electrons. The van der Waals surface area contributed by atoms with Crippen LogP contribution >= 0.6 is 23.4 Å². The van der Waals surface area contributed by atoms with Crippen LogP contribution in [0.25, 0.3) is 0 Å². The Labute approximate surface area is 209 Å². The van der Waals surface area contributed by atoms with Crippen LogP contribution in [-0.4, -0.2) is 32.3 Å². The number of halogens is 4. The van der Waals surface area contributed by atoms with Gasteiger partial charge in [-0.2, -0.15) is 13.2 Å². The molecule has 0 saturated carbocycles. The highest BCUT2D eigenvalue weighted by atomic mass is 35.5. The summed E-state index contributed by atoms with van der Waals surface area (Å²) in [6, 6.07) is 9.42. The van der Waals surface area contributed by atoms with Gasteiger partial charge in [0.05, 0.1) is 28.1 Å². The van der Waals surface area contributed by atoms with Gasteiger partial charge in [-0.15, -0.1) is 10.2 Å². The minimum atomic E-state index is -4.56. The lowest BCUT2D eigenvalue weighted by Crippen LogP contribution is -2.28. The second-order valence-corrected chi connectivity index (χ2v) is 9.03. The fourth-order valence-electron chi connectivity index (χ4n) is 3.19. The van der Waals surface area contributed by atoms with E-state index in [-0.39, 0.29) is 22.4 Å². The minimum absolute atomic E-state index is 0.00601. The molecule has 35 heavy (non-hydrogen) atoms. The molecule has 2 amide bonds. The number of hydrogen-bond acceptors (Lipinski definition) is 5. The van der Waals surface area contributed by atoms with Gasteiger partial charge in [-0.05, 0) is 51.1 Å². The van der Waals surface area contributed by atoms with E-state index in [2.05, 4.69) is 20.8 Å². The van der Waals surface area contributed by atoms with Crippen LogP contribution in [-0.2, 0) is 17.5 Å². The Balaban J connectivity index is 1.65. The zero-order valence-corrected chi connectivity index (χ0v) is 20.7. The summed E-state index contributed by atoms with van der Waals surface area (Å²) in [7, 11) is 0. The van der Waals surface area contributed by atoms with E-state index < -0.39 is 23.7 Å². The van der Waals surface area contributed by atoms with Crippen molar-refractivity contribution in [3.63, 3.8) is 0 Å². The van der Waals surface area contributed by atoms with Crippen LogP contribution in [0.4, 0.5) is 18.9 Å². The molecule has 7 nitrogen and oxygen atoms in total. The number of carbonyl (C=O) groups is 2. The summed E-state index contributed by atoms with van der Waals surface area (Å²) in [5.74, 6) is -0.426. The molecule has 0 saturated heterocycles. The second kappa shape index (κ2) is 11.1. The maximum atomic E-state index is 12.9. The van der Waals surface area contributed by atoms with Gasteiger partial charge in [-0.1, -0.05) is 41.1 Å². The summed E-state index contributed by atoms with van der Waals surface area (Å²) in [4.78, 5) is 24.9. The molecule has 186 valence electrons. The summed E-state index contributed by atoms with van der Waals surface area (Å²) in [6.45, 7) is 6.06. The smallest absolute Gasteiger partial charge is 0.342 e. The molecule has 2 aromatic carbocycles. The standard InChI is InChI=1S/C23H23ClF3N5O2S/c1-4-32-20(14(3)28-21(34)15-7-5-13(2)6-8-15)30-31-22(32)35-12-19(33)29-18-11-16(23(25,26)27)9-10-17(18)24/h5-11,14H,4,12H2,1-3H3,(H,28,34)(H,29,33)/t14-/m0/s1. The molecule has 0 aliphatic rings. The van der Waals surface area contributed by atoms with Gasteiger partial charge < -0.3 is 15.2 Å². The number of alkyl halides is 3. The van der Waals surface area contributed by atoms with Gasteiger partial charge in [0.1, 0.15) is 0 Å². The number of anilines is 1. The number of thioether (sulfide) groups is 1. The van der Waals surface area contributed by atoms with Crippen LogP contribution in [0.3, 0.4) is 0 Å². The minimum Gasteiger partial charge on any atom is -0.342 e. The summed E-state index contributed by atoms with van der Waals surface area (Å²) in [6.07, 6.45) is -4.56. The van der Waals surface area contributed by atoms with Crippen LogP contribution < -0.4 is 10.6 Å². The first-order chi connectivity index (χ1) is 16.5. The first kappa shape index (κ1) is 26.6.